The molecule has 0 radical (unpaired) electrons. The highest BCUT2D eigenvalue weighted by molar-refractivity contribution is 6.08. The Labute approximate surface area is 117 Å². The van der Waals surface area contributed by atoms with Crippen LogP contribution in [0.4, 0.5) is 0 Å². The molecule has 0 bridgehead atoms. The molecule has 0 saturated heterocycles. The standard InChI is InChI=1S/C16H16N2O2/c1-17-16(20)12-9-10-18-13(12)7-8-14(18)15(19)11-5-3-2-4-6-11/h2-8,12H,9-10H2,1H3,(H,17,20). The molecule has 4 heteroatoms. The first-order chi connectivity index (χ1) is 9.72. The normalized spacial score (nSPS) is 16.8. The van der Waals surface area contributed by atoms with Crippen molar-refractivity contribution in [2.45, 2.75) is 18.9 Å². The van der Waals surface area contributed by atoms with Crippen LogP contribution in [-0.2, 0) is 11.3 Å². The van der Waals surface area contributed by atoms with Crippen molar-refractivity contribution < 1.29 is 9.59 Å². The maximum Gasteiger partial charge on any atom is 0.228 e. The van der Waals surface area contributed by atoms with Gasteiger partial charge in [0, 0.05) is 24.8 Å². The monoisotopic (exact) mass is 268 g/mol. The lowest BCUT2D eigenvalue weighted by Crippen LogP contribution is -2.24. The Morgan fingerprint density at radius 2 is 1.90 bits per heavy atom. The van der Waals surface area contributed by atoms with Crippen LogP contribution in [0, 0.1) is 0 Å². The summed E-state index contributed by atoms with van der Waals surface area (Å²) >= 11 is 0. The molecule has 1 atom stereocenters. The number of rotatable bonds is 3. The van der Waals surface area contributed by atoms with Crippen LogP contribution in [0.25, 0.3) is 0 Å². The predicted molar refractivity (Wildman–Crippen MR) is 75.7 cm³/mol. The third kappa shape index (κ3) is 1.93. The third-order valence-corrected chi connectivity index (χ3v) is 3.84. The lowest BCUT2D eigenvalue weighted by molar-refractivity contribution is -0.122. The second-order valence-electron chi connectivity index (χ2n) is 4.95. The van der Waals surface area contributed by atoms with Crippen LogP contribution in [0.5, 0.6) is 0 Å². The number of aromatic nitrogens is 1. The minimum atomic E-state index is -0.141. The van der Waals surface area contributed by atoms with E-state index in [1.54, 1.807) is 7.05 Å². The number of hydrogen-bond acceptors (Lipinski definition) is 2. The number of carbonyl (C=O) groups is 2. The number of nitrogens with zero attached hydrogens (tertiary/aromatic N) is 1. The van der Waals surface area contributed by atoms with Gasteiger partial charge in [-0.1, -0.05) is 30.3 Å². The molecule has 20 heavy (non-hydrogen) atoms. The van der Waals surface area contributed by atoms with E-state index in [2.05, 4.69) is 5.32 Å². The van der Waals surface area contributed by atoms with E-state index in [1.807, 2.05) is 47.0 Å². The van der Waals surface area contributed by atoms with E-state index in [4.69, 9.17) is 0 Å². The lowest BCUT2D eigenvalue weighted by atomic mass is 10.0. The molecular weight excluding hydrogens is 252 g/mol. The summed E-state index contributed by atoms with van der Waals surface area (Å²) in [6.45, 7) is 0.717. The minimum absolute atomic E-state index is 0.00871. The van der Waals surface area contributed by atoms with Gasteiger partial charge >= 0.3 is 0 Å². The number of ketones is 1. The Bertz CT molecular complexity index is 658. The van der Waals surface area contributed by atoms with Crippen molar-refractivity contribution in [3.63, 3.8) is 0 Å². The second kappa shape index (κ2) is 4.96. The second-order valence-corrected chi connectivity index (χ2v) is 4.95. The molecule has 0 fully saturated rings. The first kappa shape index (κ1) is 12.7. The van der Waals surface area contributed by atoms with Crippen molar-refractivity contribution >= 4 is 11.7 Å². The van der Waals surface area contributed by atoms with Gasteiger partial charge in [0.25, 0.3) is 0 Å². The first-order valence-electron chi connectivity index (χ1n) is 6.73. The van der Waals surface area contributed by atoms with Crippen molar-refractivity contribution in [2.75, 3.05) is 7.05 Å². The van der Waals surface area contributed by atoms with E-state index >= 15 is 0 Å². The zero-order valence-corrected chi connectivity index (χ0v) is 11.3. The summed E-state index contributed by atoms with van der Waals surface area (Å²) in [7, 11) is 1.64. The molecule has 1 N–H and O–H groups in total. The van der Waals surface area contributed by atoms with Gasteiger partial charge in [-0.3, -0.25) is 9.59 Å². The van der Waals surface area contributed by atoms with Gasteiger partial charge in [0.2, 0.25) is 11.7 Å². The lowest BCUT2D eigenvalue weighted by Gasteiger charge is -2.07. The van der Waals surface area contributed by atoms with Crippen LogP contribution in [-0.4, -0.2) is 23.3 Å². The molecule has 0 saturated carbocycles. The van der Waals surface area contributed by atoms with E-state index < -0.39 is 0 Å². The molecular formula is C16H16N2O2. The van der Waals surface area contributed by atoms with Crippen molar-refractivity contribution in [3.05, 3.63) is 59.4 Å². The van der Waals surface area contributed by atoms with Gasteiger partial charge in [-0.25, -0.2) is 0 Å². The number of amides is 1. The van der Waals surface area contributed by atoms with Crippen LogP contribution in [0.15, 0.2) is 42.5 Å². The van der Waals surface area contributed by atoms with Crippen LogP contribution in [0.3, 0.4) is 0 Å². The molecule has 2 heterocycles. The van der Waals surface area contributed by atoms with Crippen molar-refractivity contribution in [3.8, 4) is 0 Å². The SMILES string of the molecule is CNC(=O)C1CCn2c(C(=O)c3ccccc3)ccc21. The average Bonchev–Trinajstić information content (AvgIpc) is 3.08. The number of fused-ring (bicyclic) bond motifs is 1. The maximum atomic E-state index is 12.5. The summed E-state index contributed by atoms with van der Waals surface area (Å²) in [6, 6.07) is 12.9. The third-order valence-electron chi connectivity index (χ3n) is 3.84. The minimum Gasteiger partial charge on any atom is -0.359 e. The molecule has 2 aromatic rings. The van der Waals surface area contributed by atoms with Gasteiger partial charge in [-0.05, 0) is 18.6 Å². The Hall–Kier alpha value is -2.36. The highest BCUT2D eigenvalue weighted by Crippen LogP contribution is 2.31. The van der Waals surface area contributed by atoms with Gasteiger partial charge in [0.05, 0.1) is 11.6 Å². The maximum absolute atomic E-state index is 12.5. The summed E-state index contributed by atoms with van der Waals surface area (Å²) in [5.41, 5.74) is 2.28. The topological polar surface area (TPSA) is 51.1 Å². The highest BCUT2D eigenvalue weighted by Gasteiger charge is 2.31. The molecule has 4 nitrogen and oxygen atoms in total. The molecule has 0 aliphatic carbocycles. The van der Waals surface area contributed by atoms with Gasteiger partial charge in [0.15, 0.2) is 0 Å². The first-order valence-corrected chi connectivity index (χ1v) is 6.73. The Morgan fingerprint density at radius 3 is 2.60 bits per heavy atom. The van der Waals surface area contributed by atoms with Crippen LogP contribution in [0.1, 0.15) is 34.1 Å². The summed E-state index contributed by atoms with van der Waals surface area (Å²) in [5.74, 6) is -0.118. The van der Waals surface area contributed by atoms with Gasteiger partial charge in [-0.15, -0.1) is 0 Å². The molecule has 1 aliphatic heterocycles. The molecule has 3 rings (SSSR count). The quantitative estimate of drug-likeness (QED) is 0.865. The zero-order valence-electron chi connectivity index (χ0n) is 11.3. The van der Waals surface area contributed by atoms with Crippen molar-refractivity contribution in [1.29, 1.82) is 0 Å². The van der Waals surface area contributed by atoms with Crippen molar-refractivity contribution in [2.24, 2.45) is 0 Å². The molecule has 0 spiro atoms. The van der Waals surface area contributed by atoms with Gasteiger partial charge in [0.1, 0.15) is 0 Å². The predicted octanol–water partition coefficient (Wildman–Crippen LogP) is 1.95. The zero-order chi connectivity index (χ0) is 14.1. The van der Waals surface area contributed by atoms with Gasteiger partial charge in [-0.2, -0.15) is 0 Å². The number of carbonyl (C=O) groups excluding carboxylic acids is 2. The summed E-state index contributed by atoms with van der Waals surface area (Å²) in [6.07, 6.45) is 0.755. The van der Waals surface area contributed by atoms with Gasteiger partial charge < -0.3 is 9.88 Å². The Balaban J connectivity index is 1.95. The fourth-order valence-corrected chi connectivity index (χ4v) is 2.82. The summed E-state index contributed by atoms with van der Waals surface area (Å²) in [4.78, 5) is 24.3. The molecule has 102 valence electrons. The summed E-state index contributed by atoms with van der Waals surface area (Å²) < 4.78 is 1.97. The largest absolute Gasteiger partial charge is 0.359 e. The van der Waals surface area contributed by atoms with E-state index in [-0.39, 0.29) is 17.6 Å². The fourth-order valence-electron chi connectivity index (χ4n) is 2.82. The molecule has 1 aromatic carbocycles. The van der Waals surface area contributed by atoms with Crippen LogP contribution < -0.4 is 5.32 Å². The van der Waals surface area contributed by atoms with E-state index in [1.165, 1.54) is 0 Å². The van der Waals surface area contributed by atoms with Crippen LogP contribution in [0.2, 0.25) is 0 Å². The number of benzene rings is 1. The Kier molecular flexibility index (Phi) is 3.14. The van der Waals surface area contributed by atoms with Crippen molar-refractivity contribution in [1.82, 2.24) is 9.88 Å². The smallest absolute Gasteiger partial charge is 0.228 e. The van der Waals surface area contributed by atoms with E-state index in [0.29, 0.717) is 17.8 Å². The Morgan fingerprint density at radius 1 is 1.15 bits per heavy atom. The number of hydrogen-bond donors (Lipinski definition) is 1. The van der Waals surface area contributed by atoms with E-state index in [9.17, 15) is 9.59 Å². The summed E-state index contributed by atoms with van der Waals surface area (Å²) in [5, 5.41) is 2.68. The molecule has 1 aliphatic rings. The number of likely N-dealkylation sites (N-methyl/N-ethyl adjacent to an activating group) is 1. The highest BCUT2D eigenvalue weighted by atomic mass is 16.2. The molecule has 1 amide bonds. The van der Waals surface area contributed by atoms with Crippen LogP contribution >= 0.6 is 0 Å². The molecule has 1 unspecified atom stereocenters. The fraction of sp³-hybridized carbons (Fsp3) is 0.250. The average molecular weight is 268 g/mol. The molecule has 1 aromatic heterocycles. The van der Waals surface area contributed by atoms with E-state index in [0.717, 1.165) is 12.1 Å². The number of nitrogens with one attached hydrogen (secondary N) is 1.